The molecule has 16 heteroatoms. The number of rotatable bonds is 7. The molecule has 0 saturated carbocycles. The number of carbonyl (C=O) groups excluding carboxylic acids is 2. The second-order valence-corrected chi connectivity index (χ2v) is 11.2. The summed E-state index contributed by atoms with van der Waals surface area (Å²) < 4.78 is 103. The van der Waals surface area contributed by atoms with Gasteiger partial charge in [-0.2, -0.15) is 36.1 Å². The first kappa shape index (κ1) is 28.2. The van der Waals surface area contributed by atoms with Crippen LogP contribution in [0.25, 0.3) is 5.82 Å². The molecule has 1 aliphatic heterocycles. The minimum absolute atomic E-state index is 0.0550. The van der Waals surface area contributed by atoms with Gasteiger partial charge in [-0.25, -0.2) is 18.4 Å². The van der Waals surface area contributed by atoms with E-state index in [1.54, 1.807) is 0 Å². The Morgan fingerprint density at radius 1 is 1.00 bits per heavy atom. The third kappa shape index (κ3) is 6.43. The quantitative estimate of drug-likeness (QED) is 0.337. The zero-order valence-electron chi connectivity index (χ0n) is 19.9. The van der Waals surface area contributed by atoms with Gasteiger partial charge in [-0.15, -0.1) is 0 Å². The van der Waals surface area contributed by atoms with Crippen molar-refractivity contribution in [3.05, 3.63) is 70.9 Å². The molecule has 9 nitrogen and oxygen atoms in total. The Balaban J connectivity index is 1.50. The van der Waals surface area contributed by atoms with Gasteiger partial charge in [-0.1, -0.05) is 6.92 Å². The van der Waals surface area contributed by atoms with E-state index in [-0.39, 0.29) is 34.8 Å². The van der Waals surface area contributed by atoms with Crippen molar-refractivity contribution in [1.82, 2.24) is 25.1 Å². The SMILES string of the molecule is C[C@H](CC(=O)c1cc(C(F)(F)F)cc(C(F)(F)F)c1)c1ncnn1-c1ccc(C(=O)NC2CS(=O)(=O)C2)cn1. The molecule has 1 fully saturated rings. The predicted octanol–water partition coefficient (Wildman–Crippen LogP) is 3.60. The van der Waals surface area contributed by atoms with E-state index < -0.39 is 69.0 Å². The number of hydrogen-bond donors (Lipinski definition) is 1. The summed E-state index contributed by atoms with van der Waals surface area (Å²) in [5, 5.41) is 6.57. The highest BCUT2D eigenvalue weighted by molar-refractivity contribution is 7.92. The second-order valence-electron chi connectivity index (χ2n) is 9.01. The molecular weight excluding hydrogens is 556 g/mol. The molecule has 0 unspecified atom stereocenters. The average molecular weight is 575 g/mol. The van der Waals surface area contributed by atoms with Crippen molar-refractivity contribution in [3.8, 4) is 5.82 Å². The summed E-state index contributed by atoms with van der Waals surface area (Å²) in [4.78, 5) is 33.2. The van der Waals surface area contributed by atoms with Gasteiger partial charge in [0.05, 0.1) is 34.2 Å². The minimum Gasteiger partial charge on any atom is -0.347 e. The highest BCUT2D eigenvalue weighted by Gasteiger charge is 2.38. The maximum Gasteiger partial charge on any atom is 0.416 e. The number of Topliss-reactive ketones (excluding diaryl/α,β-unsaturated/α-hetero) is 1. The molecule has 0 aliphatic carbocycles. The summed E-state index contributed by atoms with van der Waals surface area (Å²) in [6.07, 6.45) is -8.33. The van der Waals surface area contributed by atoms with Gasteiger partial charge < -0.3 is 5.32 Å². The number of ketones is 1. The molecule has 39 heavy (non-hydrogen) atoms. The molecule has 1 N–H and O–H groups in total. The first-order chi connectivity index (χ1) is 18.0. The molecule has 3 heterocycles. The highest BCUT2D eigenvalue weighted by Crippen LogP contribution is 2.37. The highest BCUT2D eigenvalue weighted by atomic mass is 32.2. The lowest BCUT2D eigenvalue weighted by molar-refractivity contribution is -0.143. The molecule has 208 valence electrons. The van der Waals surface area contributed by atoms with E-state index >= 15 is 0 Å². The molecule has 4 rings (SSSR count). The Kier molecular flexibility index (Phi) is 7.27. The van der Waals surface area contributed by atoms with Gasteiger partial charge in [0.15, 0.2) is 21.4 Å². The zero-order valence-corrected chi connectivity index (χ0v) is 20.7. The van der Waals surface area contributed by atoms with Crippen molar-refractivity contribution in [3.63, 3.8) is 0 Å². The minimum atomic E-state index is -5.09. The Hall–Kier alpha value is -3.82. The van der Waals surface area contributed by atoms with Crippen molar-refractivity contribution in [2.45, 2.75) is 37.7 Å². The maximum absolute atomic E-state index is 13.2. The Morgan fingerprint density at radius 3 is 2.13 bits per heavy atom. The van der Waals surface area contributed by atoms with Crippen LogP contribution in [-0.2, 0) is 22.2 Å². The van der Waals surface area contributed by atoms with Crippen LogP contribution in [0.4, 0.5) is 26.3 Å². The van der Waals surface area contributed by atoms with Crippen LogP contribution in [0.1, 0.15) is 56.9 Å². The lowest BCUT2D eigenvalue weighted by Crippen LogP contribution is -2.52. The van der Waals surface area contributed by atoms with Gasteiger partial charge in [0.2, 0.25) is 0 Å². The summed E-state index contributed by atoms with van der Waals surface area (Å²) >= 11 is 0. The Morgan fingerprint density at radius 2 is 1.62 bits per heavy atom. The van der Waals surface area contributed by atoms with E-state index in [1.807, 2.05) is 0 Å². The lowest BCUT2D eigenvalue weighted by Gasteiger charge is -2.26. The monoisotopic (exact) mass is 575 g/mol. The smallest absolute Gasteiger partial charge is 0.347 e. The second kappa shape index (κ2) is 10.1. The number of pyridine rings is 1. The molecular formula is C23H19F6N5O4S. The van der Waals surface area contributed by atoms with E-state index in [9.17, 15) is 44.3 Å². The fourth-order valence-electron chi connectivity index (χ4n) is 3.93. The molecule has 1 aromatic carbocycles. The summed E-state index contributed by atoms with van der Waals surface area (Å²) in [6, 6.07) is 3.00. The third-order valence-corrected chi connectivity index (χ3v) is 7.71. The Labute approximate surface area is 217 Å². The number of aromatic nitrogens is 4. The van der Waals surface area contributed by atoms with Crippen molar-refractivity contribution in [1.29, 1.82) is 0 Å². The van der Waals surface area contributed by atoms with Crippen LogP contribution in [0, 0.1) is 0 Å². The maximum atomic E-state index is 13.2. The van der Waals surface area contributed by atoms with Gasteiger partial charge in [-0.3, -0.25) is 9.59 Å². The molecule has 1 saturated heterocycles. The number of sulfone groups is 1. The number of carbonyl (C=O) groups is 2. The van der Waals surface area contributed by atoms with Crippen molar-refractivity contribution < 1.29 is 44.3 Å². The van der Waals surface area contributed by atoms with Crippen LogP contribution in [0.3, 0.4) is 0 Å². The van der Waals surface area contributed by atoms with Gasteiger partial charge in [-0.05, 0) is 30.3 Å². The van der Waals surface area contributed by atoms with E-state index in [1.165, 1.54) is 29.9 Å². The lowest BCUT2D eigenvalue weighted by atomic mass is 9.95. The molecule has 1 atom stereocenters. The van der Waals surface area contributed by atoms with Crippen LogP contribution in [0.15, 0.2) is 42.9 Å². The van der Waals surface area contributed by atoms with Crippen LogP contribution in [-0.4, -0.2) is 57.4 Å². The van der Waals surface area contributed by atoms with E-state index in [0.717, 1.165) is 6.33 Å². The van der Waals surface area contributed by atoms with Crippen LogP contribution < -0.4 is 5.32 Å². The first-order valence-electron chi connectivity index (χ1n) is 11.2. The average Bonchev–Trinajstić information content (AvgIpc) is 3.32. The number of halogens is 6. The number of amides is 1. The summed E-state index contributed by atoms with van der Waals surface area (Å²) in [7, 11) is -3.12. The molecule has 0 radical (unpaired) electrons. The van der Waals surface area contributed by atoms with E-state index in [4.69, 9.17) is 0 Å². The zero-order chi connectivity index (χ0) is 28.8. The molecule has 0 spiro atoms. The molecule has 2 aromatic heterocycles. The van der Waals surface area contributed by atoms with Crippen LogP contribution >= 0.6 is 0 Å². The topological polar surface area (TPSA) is 124 Å². The van der Waals surface area contributed by atoms with Gasteiger partial charge in [0.1, 0.15) is 12.2 Å². The first-order valence-corrected chi connectivity index (χ1v) is 13.1. The van der Waals surface area contributed by atoms with Crippen molar-refractivity contribution >= 4 is 21.5 Å². The molecule has 1 aliphatic rings. The van der Waals surface area contributed by atoms with Gasteiger partial charge >= 0.3 is 12.4 Å². The van der Waals surface area contributed by atoms with E-state index in [2.05, 4.69) is 20.4 Å². The standard InChI is InChI=1S/C23H19F6N5O4S/c1-12(4-18(35)14-5-15(22(24,25)26)7-16(6-14)23(27,28)29)20-31-11-32-34(20)19-3-2-13(8-30-19)21(36)33-17-9-39(37,38)10-17/h2-3,5-8,11-12,17H,4,9-10H2,1H3,(H,33,36)/t12-/m1/s1. The Bertz CT molecular complexity index is 1470. The number of alkyl halides is 6. The fraction of sp³-hybridized carbons (Fsp3) is 0.348. The molecule has 1 amide bonds. The normalized spacial score (nSPS) is 16.4. The van der Waals surface area contributed by atoms with Gasteiger partial charge in [0.25, 0.3) is 5.91 Å². The van der Waals surface area contributed by atoms with Crippen molar-refractivity contribution in [2.75, 3.05) is 11.5 Å². The predicted molar refractivity (Wildman–Crippen MR) is 123 cm³/mol. The summed E-state index contributed by atoms with van der Waals surface area (Å²) in [5.41, 5.74) is -3.80. The number of hydrogen-bond acceptors (Lipinski definition) is 7. The summed E-state index contributed by atoms with van der Waals surface area (Å²) in [6.45, 7) is 1.49. The van der Waals surface area contributed by atoms with Crippen LogP contribution in [0.5, 0.6) is 0 Å². The number of nitrogens with zero attached hydrogens (tertiary/aromatic N) is 4. The summed E-state index contributed by atoms with van der Waals surface area (Å²) in [5.74, 6) is -2.28. The largest absolute Gasteiger partial charge is 0.416 e. The van der Waals surface area contributed by atoms with E-state index in [0.29, 0.717) is 12.1 Å². The fourth-order valence-corrected chi connectivity index (χ4v) is 5.22. The third-order valence-electron chi connectivity index (χ3n) is 5.89. The van der Waals surface area contributed by atoms with Gasteiger partial charge in [0, 0.05) is 24.1 Å². The number of benzene rings is 1. The molecule has 3 aromatic rings. The van der Waals surface area contributed by atoms with Crippen molar-refractivity contribution in [2.24, 2.45) is 0 Å². The molecule has 0 bridgehead atoms. The van der Waals surface area contributed by atoms with Crippen LogP contribution in [0.2, 0.25) is 0 Å². The number of nitrogens with one attached hydrogen (secondary N) is 1.